The summed E-state index contributed by atoms with van der Waals surface area (Å²) in [6.07, 6.45) is 1.94. The van der Waals surface area contributed by atoms with Crippen LogP contribution in [0.1, 0.15) is 12.5 Å². The van der Waals surface area contributed by atoms with E-state index in [9.17, 15) is 9.50 Å². The molecule has 0 fully saturated rings. The van der Waals surface area contributed by atoms with E-state index in [1.54, 1.807) is 18.7 Å². The molecule has 0 radical (unpaired) electrons. The van der Waals surface area contributed by atoms with Gasteiger partial charge in [0, 0.05) is 23.9 Å². The molecule has 17 heavy (non-hydrogen) atoms. The second kappa shape index (κ2) is 6.59. The highest BCUT2D eigenvalue weighted by Crippen LogP contribution is 2.17. The number of hydrogen-bond acceptors (Lipinski definition) is 3. The number of rotatable bonds is 6. The van der Waals surface area contributed by atoms with Crippen LogP contribution in [0.25, 0.3) is 0 Å². The summed E-state index contributed by atoms with van der Waals surface area (Å²) in [6, 6.07) is 4.27. The third-order valence-electron chi connectivity index (χ3n) is 2.28. The smallest absolute Gasteiger partial charge is 0.123 e. The molecule has 2 nitrogen and oxygen atoms in total. The van der Waals surface area contributed by atoms with Crippen molar-refractivity contribution in [2.45, 2.75) is 19.1 Å². The Bertz CT molecular complexity index is 374. The molecule has 0 spiro atoms. The number of thioether (sulfide) groups is 1. The van der Waals surface area contributed by atoms with E-state index in [0.29, 0.717) is 29.4 Å². The van der Waals surface area contributed by atoms with Crippen molar-refractivity contribution >= 4 is 23.4 Å². The Morgan fingerprint density at radius 3 is 2.88 bits per heavy atom. The van der Waals surface area contributed by atoms with Crippen LogP contribution in [0.5, 0.6) is 0 Å². The number of benzene rings is 1. The van der Waals surface area contributed by atoms with Crippen molar-refractivity contribution in [2.24, 2.45) is 0 Å². The summed E-state index contributed by atoms with van der Waals surface area (Å²) in [6.45, 7) is 2.66. The monoisotopic (exact) mass is 277 g/mol. The Morgan fingerprint density at radius 2 is 2.24 bits per heavy atom. The summed E-state index contributed by atoms with van der Waals surface area (Å²) in [7, 11) is 0. The first-order valence-electron chi connectivity index (χ1n) is 5.30. The van der Waals surface area contributed by atoms with Crippen LogP contribution in [0.15, 0.2) is 18.2 Å². The van der Waals surface area contributed by atoms with E-state index < -0.39 is 5.60 Å². The molecule has 0 bridgehead atoms. The standard InChI is InChI=1S/C12H17ClFNOS/c1-12(16,8-17-2)7-15-6-9-5-10(14)3-4-11(9)13/h3-5,15-16H,6-8H2,1-2H3. The maximum absolute atomic E-state index is 13.0. The molecule has 96 valence electrons. The van der Waals surface area contributed by atoms with E-state index >= 15 is 0 Å². The van der Waals surface area contributed by atoms with Gasteiger partial charge in [0.2, 0.25) is 0 Å². The SMILES string of the molecule is CSCC(C)(O)CNCc1cc(F)ccc1Cl. The maximum atomic E-state index is 13.0. The first-order chi connectivity index (χ1) is 7.94. The van der Waals surface area contributed by atoms with Crippen LogP contribution >= 0.6 is 23.4 Å². The lowest BCUT2D eigenvalue weighted by molar-refractivity contribution is 0.0846. The van der Waals surface area contributed by atoms with Gasteiger partial charge >= 0.3 is 0 Å². The Kier molecular flexibility index (Phi) is 5.73. The van der Waals surface area contributed by atoms with Gasteiger partial charge < -0.3 is 10.4 Å². The van der Waals surface area contributed by atoms with Crippen LogP contribution in [0.2, 0.25) is 5.02 Å². The fourth-order valence-electron chi connectivity index (χ4n) is 1.51. The van der Waals surface area contributed by atoms with E-state index in [-0.39, 0.29) is 5.82 Å². The molecule has 1 rings (SSSR count). The minimum Gasteiger partial charge on any atom is -0.388 e. The zero-order valence-electron chi connectivity index (χ0n) is 9.96. The van der Waals surface area contributed by atoms with Crippen LogP contribution in [0.4, 0.5) is 4.39 Å². The molecular formula is C12H17ClFNOS. The Morgan fingerprint density at radius 1 is 1.53 bits per heavy atom. The highest BCUT2D eigenvalue weighted by molar-refractivity contribution is 7.98. The van der Waals surface area contributed by atoms with Crippen LogP contribution in [0, 0.1) is 5.82 Å². The molecule has 0 aromatic heterocycles. The topological polar surface area (TPSA) is 32.3 Å². The number of aliphatic hydroxyl groups is 1. The minimum absolute atomic E-state index is 0.304. The Balaban J connectivity index is 2.48. The summed E-state index contributed by atoms with van der Waals surface area (Å²) in [5.41, 5.74) is -0.0641. The highest BCUT2D eigenvalue weighted by Gasteiger charge is 2.18. The lowest BCUT2D eigenvalue weighted by atomic mass is 10.1. The minimum atomic E-state index is -0.765. The second-order valence-electron chi connectivity index (χ2n) is 4.27. The molecule has 1 aromatic carbocycles. The molecule has 0 heterocycles. The summed E-state index contributed by atoms with van der Waals surface area (Å²) in [5.74, 6) is 0.346. The molecule has 5 heteroatoms. The lowest BCUT2D eigenvalue weighted by Gasteiger charge is -2.22. The molecule has 0 saturated carbocycles. The zero-order valence-corrected chi connectivity index (χ0v) is 11.5. The summed E-state index contributed by atoms with van der Waals surface area (Å²) < 4.78 is 13.0. The predicted octanol–water partition coefficient (Wildman–Crippen LogP) is 2.68. The van der Waals surface area contributed by atoms with Crippen LogP contribution in [-0.4, -0.2) is 29.3 Å². The Hall–Kier alpha value is -0.290. The van der Waals surface area contributed by atoms with E-state index in [1.807, 2.05) is 6.26 Å². The quantitative estimate of drug-likeness (QED) is 0.839. The third kappa shape index (κ3) is 5.25. The van der Waals surface area contributed by atoms with Crippen molar-refractivity contribution < 1.29 is 9.50 Å². The largest absolute Gasteiger partial charge is 0.388 e. The molecule has 1 aromatic rings. The normalized spacial score (nSPS) is 14.6. The van der Waals surface area contributed by atoms with Crippen molar-refractivity contribution in [3.8, 4) is 0 Å². The first kappa shape index (κ1) is 14.8. The molecule has 0 aliphatic heterocycles. The van der Waals surface area contributed by atoms with Crippen molar-refractivity contribution in [1.29, 1.82) is 0 Å². The maximum Gasteiger partial charge on any atom is 0.123 e. The second-order valence-corrected chi connectivity index (χ2v) is 5.54. The fraction of sp³-hybridized carbons (Fsp3) is 0.500. The molecule has 0 amide bonds. The molecule has 1 unspecified atom stereocenters. The van der Waals surface area contributed by atoms with Crippen LogP contribution in [-0.2, 0) is 6.54 Å². The summed E-state index contributed by atoms with van der Waals surface area (Å²) in [5, 5.41) is 13.5. The van der Waals surface area contributed by atoms with Gasteiger partial charge in [-0.05, 0) is 36.9 Å². The number of nitrogens with one attached hydrogen (secondary N) is 1. The van der Waals surface area contributed by atoms with Gasteiger partial charge in [-0.1, -0.05) is 11.6 Å². The lowest BCUT2D eigenvalue weighted by Crippen LogP contribution is -2.39. The van der Waals surface area contributed by atoms with Gasteiger partial charge in [0.25, 0.3) is 0 Å². The molecule has 2 N–H and O–H groups in total. The molecule has 0 aliphatic carbocycles. The highest BCUT2D eigenvalue weighted by atomic mass is 35.5. The number of halogens is 2. The third-order valence-corrected chi connectivity index (χ3v) is 3.56. The van der Waals surface area contributed by atoms with Gasteiger partial charge in [-0.3, -0.25) is 0 Å². The van der Waals surface area contributed by atoms with Gasteiger partial charge in [0.1, 0.15) is 5.82 Å². The molecule has 0 aliphatic rings. The van der Waals surface area contributed by atoms with Crippen LogP contribution < -0.4 is 5.32 Å². The molecule has 1 atom stereocenters. The van der Waals surface area contributed by atoms with Gasteiger partial charge in [0.05, 0.1) is 5.60 Å². The average molecular weight is 278 g/mol. The van der Waals surface area contributed by atoms with Crippen molar-refractivity contribution in [1.82, 2.24) is 5.32 Å². The van der Waals surface area contributed by atoms with Crippen molar-refractivity contribution in [3.05, 3.63) is 34.6 Å². The fourth-order valence-corrected chi connectivity index (χ4v) is 2.42. The molecular weight excluding hydrogens is 261 g/mol. The number of hydrogen-bond donors (Lipinski definition) is 2. The van der Waals surface area contributed by atoms with Crippen molar-refractivity contribution in [2.75, 3.05) is 18.6 Å². The van der Waals surface area contributed by atoms with Gasteiger partial charge in [0.15, 0.2) is 0 Å². The van der Waals surface area contributed by atoms with E-state index in [0.717, 1.165) is 0 Å². The summed E-state index contributed by atoms with van der Waals surface area (Å²) >= 11 is 7.52. The molecule has 0 saturated heterocycles. The van der Waals surface area contributed by atoms with Crippen LogP contribution in [0.3, 0.4) is 0 Å². The van der Waals surface area contributed by atoms with E-state index in [1.165, 1.54) is 18.2 Å². The average Bonchev–Trinajstić information content (AvgIpc) is 2.23. The van der Waals surface area contributed by atoms with E-state index in [4.69, 9.17) is 11.6 Å². The van der Waals surface area contributed by atoms with Gasteiger partial charge in [-0.15, -0.1) is 0 Å². The van der Waals surface area contributed by atoms with Crippen molar-refractivity contribution in [3.63, 3.8) is 0 Å². The zero-order chi connectivity index (χ0) is 12.9. The first-order valence-corrected chi connectivity index (χ1v) is 7.08. The Labute approximate surface area is 111 Å². The predicted molar refractivity (Wildman–Crippen MR) is 72.1 cm³/mol. The summed E-state index contributed by atoms with van der Waals surface area (Å²) in [4.78, 5) is 0. The van der Waals surface area contributed by atoms with E-state index in [2.05, 4.69) is 5.32 Å². The van der Waals surface area contributed by atoms with Gasteiger partial charge in [-0.2, -0.15) is 11.8 Å². The van der Waals surface area contributed by atoms with Gasteiger partial charge in [-0.25, -0.2) is 4.39 Å².